The van der Waals surface area contributed by atoms with Crippen LogP contribution in [0.25, 0.3) is 0 Å². The highest BCUT2D eigenvalue weighted by Crippen LogP contribution is 2.22. The maximum absolute atomic E-state index is 12.6. The van der Waals surface area contributed by atoms with Crippen LogP contribution in [0.2, 0.25) is 0 Å². The molecule has 1 N–H and O–H groups in total. The Morgan fingerprint density at radius 3 is 2.50 bits per heavy atom. The zero-order valence-electron chi connectivity index (χ0n) is 15.9. The van der Waals surface area contributed by atoms with Gasteiger partial charge in [0.05, 0.1) is 29.3 Å². The largest absolute Gasteiger partial charge is 0.321 e. The van der Waals surface area contributed by atoms with Gasteiger partial charge < -0.3 is 5.32 Å². The van der Waals surface area contributed by atoms with Gasteiger partial charge in [0.25, 0.3) is 0 Å². The summed E-state index contributed by atoms with van der Waals surface area (Å²) in [6.07, 6.45) is 1.82. The van der Waals surface area contributed by atoms with Gasteiger partial charge >= 0.3 is 0 Å². The fourth-order valence-corrected chi connectivity index (χ4v) is 2.98. The van der Waals surface area contributed by atoms with Crippen molar-refractivity contribution in [3.63, 3.8) is 0 Å². The molecule has 0 bridgehead atoms. The maximum atomic E-state index is 12.6. The van der Waals surface area contributed by atoms with Crippen LogP contribution in [0.5, 0.6) is 0 Å². The zero-order chi connectivity index (χ0) is 18.8. The van der Waals surface area contributed by atoms with Gasteiger partial charge in [-0.1, -0.05) is 24.3 Å². The van der Waals surface area contributed by atoms with E-state index in [4.69, 9.17) is 0 Å². The Morgan fingerprint density at radius 1 is 1.12 bits per heavy atom. The number of nitrogens with one attached hydrogen (secondary N) is 1. The fraction of sp³-hybridized carbons (Fsp3) is 0.350. The third kappa shape index (κ3) is 3.54. The molecule has 0 saturated carbocycles. The molecule has 6 heteroatoms. The van der Waals surface area contributed by atoms with Crippen LogP contribution in [0.1, 0.15) is 41.2 Å². The molecule has 0 radical (unpaired) electrons. The third-order valence-electron chi connectivity index (χ3n) is 4.73. The fourth-order valence-electron chi connectivity index (χ4n) is 2.98. The van der Waals surface area contributed by atoms with Crippen LogP contribution < -0.4 is 5.32 Å². The average Bonchev–Trinajstić information content (AvgIpc) is 3.15. The number of hydrogen-bond donors (Lipinski definition) is 1. The van der Waals surface area contributed by atoms with Crippen molar-refractivity contribution in [1.82, 2.24) is 19.6 Å². The zero-order valence-corrected chi connectivity index (χ0v) is 15.9. The lowest BCUT2D eigenvalue weighted by atomic mass is 10.1. The summed E-state index contributed by atoms with van der Waals surface area (Å²) >= 11 is 0. The van der Waals surface area contributed by atoms with Crippen LogP contribution in [0, 0.1) is 27.7 Å². The Kier molecular flexibility index (Phi) is 4.93. The van der Waals surface area contributed by atoms with Crippen molar-refractivity contribution in [3.05, 3.63) is 64.7 Å². The second-order valence-electron chi connectivity index (χ2n) is 6.73. The number of anilines is 1. The average molecular weight is 351 g/mol. The lowest BCUT2D eigenvalue weighted by Crippen LogP contribution is -2.24. The number of hydrogen-bond acceptors (Lipinski definition) is 3. The molecule has 0 saturated heterocycles. The van der Waals surface area contributed by atoms with E-state index in [9.17, 15) is 4.79 Å². The van der Waals surface area contributed by atoms with E-state index in [2.05, 4.69) is 34.6 Å². The van der Waals surface area contributed by atoms with Crippen molar-refractivity contribution in [2.75, 3.05) is 5.32 Å². The monoisotopic (exact) mass is 351 g/mol. The molecule has 3 rings (SSSR count). The summed E-state index contributed by atoms with van der Waals surface area (Å²) in [5, 5.41) is 12.0. The highest BCUT2D eigenvalue weighted by molar-refractivity contribution is 5.94. The molecule has 1 atom stereocenters. The minimum absolute atomic E-state index is 0.102. The maximum Gasteiger partial charge on any atom is 0.249 e. The van der Waals surface area contributed by atoms with E-state index in [1.165, 1.54) is 11.1 Å². The number of carbonyl (C=O) groups is 1. The topological polar surface area (TPSA) is 64.7 Å². The van der Waals surface area contributed by atoms with E-state index in [0.29, 0.717) is 6.54 Å². The summed E-state index contributed by atoms with van der Waals surface area (Å²) in [7, 11) is 0. The van der Waals surface area contributed by atoms with E-state index >= 15 is 0 Å². The third-order valence-corrected chi connectivity index (χ3v) is 4.73. The summed E-state index contributed by atoms with van der Waals surface area (Å²) in [4.78, 5) is 12.6. The molecule has 3 aromatic rings. The Bertz CT molecular complexity index is 938. The Labute approximate surface area is 153 Å². The van der Waals surface area contributed by atoms with Crippen molar-refractivity contribution in [2.45, 2.75) is 47.2 Å². The number of carbonyl (C=O) groups excluding carboxylic acids is 1. The Hall–Kier alpha value is -2.89. The second-order valence-corrected chi connectivity index (χ2v) is 6.73. The predicted molar refractivity (Wildman–Crippen MR) is 102 cm³/mol. The second kappa shape index (κ2) is 7.15. The first-order valence-corrected chi connectivity index (χ1v) is 8.78. The number of nitrogens with zero attached hydrogens (tertiary/aromatic N) is 4. The molecule has 0 aliphatic heterocycles. The van der Waals surface area contributed by atoms with E-state index in [0.717, 1.165) is 22.8 Å². The molecule has 1 amide bonds. The Balaban J connectivity index is 1.79. The van der Waals surface area contributed by atoms with Crippen molar-refractivity contribution in [2.24, 2.45) is 0 Å². The van der Waals surface area contributed by atoms with Gasteiger partial charge in [-0.3, -0.25) is 14.2 Å². The number of aromatic nitrogens is 4. The lowest BCUT2D eigenvalue weighted by Gasteiger charge is -2.13. The molecule has 1 unspecified atom stereocenters. The first-order valence-electron chi connectivity index (χ1n) is 8.78. The molecular formula is C20H25N5O. The molecular weight excluding hydrogens is 326 g/mol. The van der Waals surface area contributed by atoms with E-state index in [-0.39, 0.29) is 11.9 Å². The van der Waals surface area contributed by atoms with E-state index in [1.807, 2.05) is 56.8 Å². The Morgan fingerprint density at radius 2 is 1.85 bits per heavy atom. The first-order chi connectivity index (χ1) is 12.4. The molecule has 6 nitrogen and oxygen atoms in total. The predicted octanol–water partition coefficient (Wildman–Crippen LogP) is 3.56. The number of aryl methyl sites for hydroxylation is 3. The number of benzene rings is 1. The van der Waals surface area contributed by atoms with Gasteiger partial charge in [0, 0.05) is 6.20 Å². The molecule has 0 aliphatic carbocycles. The molecule has 2 aromatic heterocycles. The smallest absolute Gasteiger partial charge is 0.249 e. The quantitative estimate of drug-likeness (QED) is 0.764. The molecule has 0 fully saturated rings. The van der Waals surface area contributed by atoms with Gasteiger partial charge in [-0.2, -0.15) is 10.2 Å². The SMILES string of the molecule is Cc1ccn(C(C)C(=O)Nc2c(C)nn(Cc3ccccc3C)c2C)n1. The van der Waals surface area contributed by atoms with Crippen molar-refractivity contribution < 1.29 is 4.79 Å². The molecule has 136 valence electrons. The normalized spacial score (nSPS) is 12.2. The van der Waals surface area contributed by atoms with Gasteiger partial charge in [0.1, 0.15) is 6.04 Å². The van der Waals surface area contributed by atoms with Gasteiger partial charge in [-0.05, 0) is 51.8 Å². The van der Waals surface area contributed by atoms with Crippen molar-refractivity contribution in [1.29, 1.82) is 0 Å². The van der Waals surface area contributed by atoms with Crippen LogP contribution in [0.4, 0.5) is 5.69 Å². The van der Waals surface area contributed by atoms with Gasteiger partial charge in [0.2, 0.25) is 5.91 Å². The van der Waals surface area contributed by atoms with Gasteiger partial charge in [0.15, 0.2) is 0 Å². The van der Waals surface area contributed by atoms with Crippen molar-refractivity contribution in [3.8, 4) is 0 Å². The minimum atomic E-state index is -0.387. The summed E-state index contributed by atoms with van der Waals surface area (Å²) in [5.74, 6) is -0.102. The summed E-state index contributed by atoms with van der Waals surface area (Å²) in [6.45, 7) is 10.4. The summed E-state index contributed by atoms with van der Waals surface area (Å²) < 4.78 is 3.61. The van der Waals surface area contributed by atoms with Gasteiger partial charge in [-0.25, -0.2) is 0 Å². The number of amides is 1. The van der Waals surface area contributed by atoms with E-state index < -0.39 is 0 Å². The highest BCUT2D eigenvalue weighted by Gasteiger charge is 2.20. The molecule has 0 aliphatic rings. The van der Waals surface area contributed by atoms with Crippen LogP contribution in [-0.2, 0) is 11.3 Å². The first kappa shape index (κ1) is 17.9. The standard InChI is InChI=1S/C20H25N5O/c1-13-8-6-7-9-18(13)12-25-16(4)19(15(3)23-25)21-20(26)17(5)24-11-10-14(2)22-24/h6-11,17H,12H2,1-5H3,(H,21,26). The molecule has 26 heavy (non-hydrogen) atoms. The minimum Gasteiger partial charge on any atom is -0.321 e. The van der Waals surface area contributed by atoms with Crippen LogP contribution in [0.15, 0.2) is 36.5 Å². The van der Waals surface area contributed by atoms with Crippen LogP contribution in [0.3, 0.4) is 0 Å². The molecule has 2 heterocycles. The summed E-state index contributed by atoms with van der Waals surface area (Å²) in [6, 6.07) is 9.76. The van der Waals surface area contributed by atoms with E-state index in [1.54, 1.807) is 4.68 Å². The van der Waals surface area contributed by atoms with Crippen LogP contribution in [-0.4, -0.2) is 25.5 Å². The summed E-state index contributed by atoms with van der Waals surface area (Å²) in [5.41, 5.74) is 5.88. The molecule has 0 spiro atoms. The number of rotatable bonds is 5. The molecule has 1 aromatic carbocycles. The van der Waals surface area contributed by atoms with Gasteiger partial charge in [-0.15, -0.1) is 0 Å². The lowest BCUT2D eigenvalue weighted by molar-refractivity contribution is -0.119. The van der Waals surface area contributed by atoms with Crippen LogP contribution >= 0.6 is 0 Å². The van der Waals surface area contributed by atoms with Crippen molar-refractivity contribution >= 4 is 11.6 Å². The highest BCUT2D eigenvalue weighted by atomic mass is 16.2.